The predicted octanol–water partition coefficient (Wildman–Crippen LogP) is 2.16. The summed E-state index contributed by atoms with van der Waals surface area (Å²) >= 11 is 0. The van der Waals surface area contributed by atoms with Crippen molar-refractivity contribution in [3.8, 4) is 5.75 Å². The first-order chi connectivity index (χ1) is 9.63. The van der Waals surface area contributed by atoms with Gasteiger partial charge in [-0.3, -0.25) is 10.1 Å². The number of hydrogen-bond donors (Lipinski definition) is 2. The summed E-state index contributed by atoms with van der Waals surface area (Å²) in [6, 6.07) is 8.47. The van der Waals surface area contributed by atoms with Crippen molar-refractivity contribution >= 4 is 11.5 Å². The molecule has 104 valence electrons. The molecule has 1 aromatic heterocycles. The number of hydrogen-bond acceptors (Lipinski definition) is 6. The van der Waals surface area contributed by atoms with Gasteiger partial charge in [0.15, 0.2) is 5.75 Å². The van der Waals surface area contributed by atoms with Gasteiger partial charge in [-0.1, -0.05) is 18.2 Å². The van der Waals surface area contributed by atoms with Crippen molar-refractivity contribution in [1.29, 1.82) is 0 Å². The third-order valence-corrected chi connectivity index (χ3v) is 2.79. The summed E-state index contributed by atoms with van der Waals surface area (Å²) in [4.78, 5) is 14.6. The van der Waals surface area contributed by atoms with Crippen LogP contribution in [0.15, 0.2) is 36.5 Å². The van der Waals surface area contributed by atoms with Crippen LogP contribution in [0.3, 0.4) is 0 Å². The Morgan fingerprint density at radius 2 is 2.20 bits per heavy atom. The fraction of sp³-hybridized carbons (Fsp3) is 0.154. The Morgan fingerprint density at radius 1 is 1.40 bits per heavy atom. The van der Waals surface area contributed by atoms with E-state index >= 15 is 0 Å². The molecule has 7 heteroatoms. The molecule has 0 atom stereocenters. The lowest BCUT2D eigenvalue weighted by Gasteiger charge is -2.10. The molecule has 1 aromatic carbocycles. The summed E-state index contributed by atoms with van der Waals surface area (Å²) in [7, 11) is 0. The number of pyridine rings is 1. The van der Waals surface area contributed by atoms with Gasteiger partial charge in [-0.15, -0.1) is 0 Å². The van der Waals surface area contributed by atoms with Gasteiger partial charge in [-0.2, -0.15) is 0 Å². The Labute approximate surface area is 115 Å². The quantitative estimate of drug-likeness (QED) is 0.492. The lowest BCUT2D eigenvalue weighted by molar-refractivity contribution is -0.386. The zero-order valence-electron chi connectivity index (χ0n) is 10.9. The maximum atomic E-state index is 11.1. The molecule has 0 fully saturated rings. The Bertz CT molecular complexity index is 631. The zero-order chi connectivity index (χ0) is 14.5. The molecule has 0 aliphatic rings. The van der Waals surface area contributed by atoms with Gasteiger partial charge in [0.2, 0.25) is 0 Å². The van der Waals surface area contributed by atoms with Crippen molar-refractivity contribution < 1.29 is 9.66 Å². The van der Waals surface area contributed by atoms with Crippen LogP contribution in [0.25, 0.3) is 0 Å². The number of nitrogens with one attached hydrogen (secondary N) is 1. The van der Waals surface area contributed by atoms with Crippen molar-refractivity contribution in [2.24, 2.45) is 5.84 Å². The molecule has 0 radical (unpaired) electrons. The van der Waals surface area contributed by atoms with E-state index in [4.69, 9.17) is 10.6 Å². The summed E-state index contributed by atoms with van der Waals surface area (Å²) in [5.74, 6) is 6.04. The monoisotopic (exact) mass is 274 g/mol. The minimum absolute atomic E-state index is 0.0290. The molecule has 2 aromatic rings. The van der Waals surface area contributed by atoms with Gasteiger partial charge >= 0.3 is 5.69 Å². The number of benzene rings is 1. The van der Waals surface area contributed by atoms with Crippen LogP contribution >= 0.6 is 0 Å². The molecule has 20 heavy (non-hydrogen) atoms. The first-order valence-corrected chi connectivity index (χ1v) is 5.90. The highest BCUT2D eigenvalue weighted by molar-refractivity contribution is 5.52. The summed E-state index contributed by atoms with van der Waals surface area (Å²) in [6.45, 7) is 1.81. The van der Waals surface area contributed by atoms with E-state index in [2.05, 4.69) is 10.4 Å². The number of ether oxygens (including phenoxy) is 1. The smallest absolute Gasteiger partial charge is 0.313 e. The Balaban J connectivity index is 2.23. The van der Waals surface area contributed by atoms with Gasteiger partial charge < -0.3 is 10.2 Å². The van der Waals surface area contributed by atoms with E-state index in [9.17, 15) is 10.1 Å². The molecular weight excluding hydrogens is 260 g/mol. The number of para-hydroxylation sites is 1. The van der Waals surface area contributed by atoms with Crippen LogP contribution in [0.5, 0.6) is 5.75 Å². The largest absolute Gasteiger partial charge is 0.482 e. The van der Waals surface area contributed by atoms with Crippen LogP contribution in [0.1, 0.15) is 11.1 Å². The van der Waals surface area contributed by atoms with Crippen molar-refractivity contribution in [3.63, 3.8) is 0 Å². The fourth-order valence-corrected chi connectivity index (χ4v) is 1.82. The van der Waals surface area contributed by atoms with Crippen LogP contribution in [0.4, 0.5) is 11.5 Å². The molecule has 0 saturated carbocycles. The number of aromatic nitrogens is 1. The van der Waals surface area contributed by atoms with E-state index < -0.39 is 4.92 Å². The molecule has 3 N–H and O–H groups in total. The molecule has 0 unspecified atom stereocenters. The molecule has 0 spiro atoms. The summed E-state index contributed by atoms with van der Waals surface area (Å²) in [5.41, 5.74) is 3.69. The van der Waals surface area contributed by atoms with E-state index in [1.165, 1.54) is 0 Å². The maximum Gasteiger partial charge on any atom is 0.313 e. The first kappa shape index (κ1) is 13.8. The lowest BCUT2D eigenvalue weighted by Crippen LogP contribution is -2.12. The van der Waals surface area contributed by atoms with Crippen molar-refractivity contribution in [3.05, 3.63) is 57.8 Å². The molecule has 0 aliphatic heterocycles. The Kier molecular flexibility index (Phi) is 4.11. The van der Waals surface area contributed by atoms with Gasteiger partial charge in [0.25, 0.3) is 0 Å². The minimum atomic E-state index is -0.448. The van der Waals surface area contributed by atoms with Crippen LogP contribution in [0.2, 0.25) is 0 Å². The van der Waals surface area contributed by atoms with Crippen molar-refractivity contribution in [2.75, 3.05) is 5.43 Å². The van der Waals surface area contributed by atoms with Crippen LogP contribution in [-0.4, -0.2) is 9.91 Å². The van der Waals surface area contributed by atoms with E-state index in [-0.39, 0.29) is 18.0 Å². The van der Waals surface area contributed by atoms with E-state index in [0.29, 0.717) is 16.9 Å². The SMILES string of the molecule is Cc1cccc(OCc2cccnc2NN)c1[N+](=O)[O-]. The molecule has 1 heterocycles. The zero-order valence-corrected chi connectivity index (χ0v) is 10.9. The highest BCUT2D eigenvalue weighted by Crippen LogP contribution is 2.31. The molecule has 0 aliphatic carbocycles. The van der Waals surface area contributed by atoms with Gasteiger partial charge in [-0.25, -0.2) is 10.8 Å². The van der Waals surface area contributed by atoms with Gasteiger partial charge in [0.05, 0.1) is 4.92 Å². The number of nitrogen functional groups attached to an aromatic ring is 1. The number of anilines is 1. The van der Waals surface area contributed by atoms with Crippen molar-refractivity contribution in [1.82, 2.24) is 4.98 Å². The third kappa shape index (κ3) is 2.83. The second-order valence-corrected chi connectivity index (χ2v) is 4.12. The van der Waals surface area contributed by atoms with Crippen LogP contribution < -0.4 is 16.0 Å². The highest BCUT2D eigenvalue weighted by Gasteiger charge is 2.18. The first-order valence-electron chi connectivity index (χ1n) is 5.90. The van der Waals surface area contributed by atoms with Crippen LogP contribution in [-0.2, 0) is 6.61 Å². The molecule has 0 amide bonds. The number of aryl methyl sites for hydroxylation is 1. The maximum absolute atomic E-state index is 11.1. The third-order valence-electron chi connectivity index (χ3n) is 2.79. The van der Waals surface area contributed by atoms with Crippen molar-refractivity contribution in [2.45, 2.75) is 13.5 Å². The number of nitro benzene ring substituents is 1. The fourth-order valence-electron chi connectivity index (χ4n) is 1.82. The Hall–Kier alpha value is -2.67. The Morgan fingerprint density at radius 3 is 2.90 bits per heavy atom. The summed E-state index contributed by atoms with van der Waals surface area (Å²) in [5, 5.41) is 11.1. The van der Waals surface area contributed by atoms with E-state index in [0.717, 1.165) is 0 Å². The van der Waals surface area contributed by atoms with Gasteiger partial charge in [0.1, 0.15) is 12.4 Å². The predicted molar refractivity (Wildman–Crippen MR) is 74.2 cm³/mol. The number of nitrogens with zero attached hydrogens (tertiary/aromatic N) is 2. The molecule has 0 saturated heterocycles. The molecular formula is C13H14N4O3. The second-order valence-electron chi connectivity index (χ2n) is 4.12. The van der Waals surface area contributed by atoms with Gasteiger partial charge in [-0.05, 0) is 19.1 Å². The van der Waals surface area contributed by atoms with E-state index in [1.807, 2.05) is 0 Å². The normalized spacial score (nSPS) is 10.1. The topological polar surface area (TPSA) is 103 Å². The van der Waals surface area contributed by atoms with Crippen LogP contribution in [0, 0.1) is 17.0 Å². The summed E-state index contributed by atoms with van der Waals surface area (Å²) < 4.78 is 5.53. The van der Waals surface area contributed by atoms with Gasteiger partial charge in [0, 0.05) is 17.3 Å². The second kappa shape index (κ2) is 5.98. The summed E-state index contributed by atoms with van der Waals surface area (Å²) in [6.07, 6.45) is 1.59. The average Bonchev–Trinajstić information content (AvgIpc) is 2.45. The average molecular weight is 274 g/mol. The standard InChI is InChI=1S/C13H14N4O3/c1-9-4-2-6-11(12(9)17(18)19)20-8-10-5-3-7-15-13(10)16-14/h2-7H,8,14H2,1H3,(H,15,16). The van der Waals surface area contributed by atoms with E-state index in [1.54, 1.807) is 43.5 Å². The number of nitro groups is 1. The molecule has 7 nitrogen and oxygen atoms in total. The number of nitrogens with two attached hydrogens (primary N) is 1. The lowest BCUT2D eigenvalue weighted by atomic mass is 10.2. The molecule has 0 bridgehead atoms. The highest BCUT2D eigenvalue weighted by atomic mass is 16.6. The number of hydrazine groups is 1. The number of rotatable bonds is 5. The minimum Gasteiger partial charge on any atom is -0.482 e. The molecule has 2 rings (SSSR count).